The van der Waals surface area contributed by atoms with E-state index in [0.29, 0.717) is 49.5 Å². The molecule has 1 aromatic carbocycles. The van der Waals surface area contributed by atoms with Crippen molar-refractivity contribution < 1.29 is 14.4 Å². The Balaban J connectivity index is 1.58. The van der Waals surface area contributed by atoms with Crippen LogP contribution in [0.15, 0.2) is 24.3 Å². The van der Waals surface area contributed by atoms with Gasteiger partial charge in [0.05, 0.1) is 11.3 Å². The number of nitrogens with zero attached hydrogens (tertiary/aromatic N) is 1. The number of likely N-dealkylation sites (tertiary alicyclic amines) is 1. The molecule has 0 unspecified atom stereocenters. The van der Waals surface area contributed by atoms with Crippen molar-refractivity contribution in [3.8, 4) is 0 Å². The molecule has 0 radical (unpaired) electrons. The van der Waals surface area contributed by atoms with E-state index in [1.165, 1.54) is 25.7 Å². The van der Waals surface area contributed by atoms with E-state index in [2.05, 4.69) is 5.32 Å². The molecule has 1 heterocycles. The van der Waals surface area contributed by atoms with Crippen LogP contribution in [0.3, 0.4) is 0 Å². The predicted molar refractivity (Wildman–Crippen MR) is 104 cm³/mol. The van der Waals surface area contributed by atoms with Crippen LogP contribution in [0, 0.1) is 11.8 Å². The van der Waals surface area contributed by atoms with E-state index in [4.69, 9.17) is 5.73 Å². The van der Waals surface area contributed by atoms with Gasteiger partial charge in [-0.2, -0.15) is 0 Å². The maximum absolute atomic E-state index is 12.9. The maximum Gasteiger partial charge on any atom is 0.255 e. The number of rotatable bonds is 6. The summed E-state index contributed by atoms with van der Waals surface area (Å²) in [4.78, 5) is 38.3. The molecular weight excluding hydrogens is 342 g/mol. The number of carbonyl (C=O) groups excluding carboxylic acids is 3. The average molecular weight is 371 g/mol. The van der Waals surface area contributed by atoms with E-state index in [1.54, 1.807) is 23.1 Å². The minimum absolute atomic E-state index is 0.0328. The zero-order chi connectivity index (χ0) is 19.2. The van der Waals surface area contributed by atoms with Gasteiger partial charge in [-0.05, 0) is 37.3 Å². The summed E-state index contributed by atoms with van der Waals surface area (Å²) in [5, 5.41) is 2.92. The van der Waals surface area contributed by atoms with Gasteiger partial charge in [-0.15, -0.1) is 0 Å². The number of hydrogen-bond acceptors (Lipinski definition) is 3. The Morgan fingerprint density at radius 2 is 1.70 bits per heavy atom. The van der Waals surface area contributed by atoms with E-state index in [0.717, 1.165) is 6.42 Å². The minimum atomic E-state index is -0.294. The number of nitrogens with one attached hydrogen (secondary N) is 1. The van der Waals surface area contributed by atoms with Crippen LogP contribution in [-0.4, -0.2) is 35.7 Å². The second kappa shape index (κ2) is 9.02. The monoisotopic (exact) mass is 371 g/mol. The summed E-state index contributed by atoms with van der Waals surface area (Å²) < 4.78 is 0. The first-order valence-electron chi connectivity index (χ1n) is 10.0. The Labute approximate surface area is 160 Å². The van der Waals surface area contributed by atoms with Crippen LogP contribution in [0.1, 0.15) is 61.7 Å². The van der Waals surface area contributed by atoms with Crippen LogP contribution in [0.5, 0.6) is 0 Å². The lowest BCUT2D eigenvalue weighted by atomic mass is 9.95. The van der Waals surface area contributed by atoms with E-state index in [-0.39, 0.29) is 23.6 Å². The molecule has 2 fully saturated rings. The molecule has 1 saturated heterocycles. The average Bonchev–Trinajstić information content (AvgIpc) is 3.20. The molecule has 27 heavy (non-hydrogen) atoms. The van der Waals surface area contributed by atoms with Gasteiger partial charge in [0.2, 0.25) is 11.8 Å². The van der Waals surface area contributed by atoms with Crippen LogP contribution >= 0.6 is 0 Å². The number of piperidine rings is 1. The van der Waals surface area contributed by atoms with E-state index in [1.807, 2.05) is 6.07 Å². The van der Waals surface area contributed by atoms with Gasteiger partial charge in [-0.25, -0.2) is 0 Å². The van der Waals surface area contributed by atoms with Gasteiger partial charge in [-0.3, -0.25) is 14.4 Å². The highest BCUT2D eigenvalue weighted by atomic mass is 16.2. The Hall–Kier alpha value is -2.37. The number of carbonyl (C=O) groups is 3. The standard InChI is InChI=1S/C21H29N3O3/c22-20(26)16-11-13-24(14-12-16)21(27)17-7-3-4-8-18(17)23-19(25)10-9-15-5-1-2-6-15/h3-4,7-8,15-16H,1-2,5-6,9-14H2,(H2,22,26)(H,23,25). The number of primary amides is 1. The van der Waals surface area contributed by atoms with Gasteiger partial charge in [0.25, 0.3) is 5.91 Å². The molecule has 1 aliphatic carbocycles. The Kier molecular flexibility index (Phi) is 6.48. The van der Waals surface area contributed by atoms with E-state index >= 15 is 0 Å². The van der Waals surface area contributed by atoms with Crippen molar-refractivity contribution in [3.05, 3.63) is 29.8 Å². The highest BCUT2D eigenvalue weighted by Crippen LogP contribution is 2.29. The molecular formula is C21H29N3O3. The number of para-hydroxylation sites is 1. The summed E-state index contributed by atoms with van der Waals surface area (Å²) in [5.41, 5.74) is 6.43. The highest BCUT2D eigenvalue weighted by Gasteiger charge is 2.27. The topological polar surface area (TPSA) is 92.5 Å². The minimum Gasteiger partial charge on any atom is -0.369 e. The van der Waals surface area contributed by atoms with Gasteiger partial charge in [-0.1, -0.05) is 37.8 Å². The summed E-state index contributed by atoms with van der Waals surface area (Å²) in [6, 6.07) is 7.15. The largest absolute Gasteiger partial charge is 0.369 e. The zero-order valence-corrected chi connectivity index (χ0v) is 15.8. The van der Waals surface area contributed by atoms with Crippen molar-refractivity contribution in [1.82, 2.24) is 4.90 Å². The Bertz CT molecular complexity index is 690. The Morgan fingerprint density at radius 3 is 2.37 bits per heavy atom. The summed E-state index contributed by atoms with van der Waals surface area (Å²) >= 11 is 0. The summed E-state index contributed by atoms with van der Waals surface area (Å²) in [6.07, 6.45) is 7.60. The summed E-state index contributed by atoms with van der Waals surface area (Å²) in [5.74, 6) is 0.0787. The van der Waals surface area contributed by atoms with Gasteiger partial charge in [0.15, 0.2) is 0 Å². The van der Waals surface area contributed by atoms with Gasteiger partial charge >= 0.3 is 0 Å². The second-order valence-corrected chi connectivity index (χ2v) is 7.75. The third kappa shape index (κ3) is 5.08. The van der Waals surface area contributed by atoms with Crippen LogP contribution in [-0.2, 0) is 9.59 Å². The quantitative estimate of drug-likeness (QED) is 0.805. The van der Waals surface area contributed by atoms with Crippen molar-refractivity contribution in [2.75, 3.05) is 18.4 Å². The molecule has 0 spiro atoms. The fraction of sp³-hybridized carbons (Fsp3) is 0.571. The molecule has 3 N–H and O–H groups in total. The molecule has 2 aliphatic rings. The molecule has 0 aromatic heterocycles. The van der Waals surface area contributed by atoms with Crippen LogP contribution < -0.4 is 11.1 Å². The maximum atomic E-state index is 12.9. The smallest absolute Gasteiger partial charge is 0.255 e. The molecule has 6 heteroatoms. The van der Waals surface area contributed by atoms with E-state index < -0.39 is 0 Å². The molecule has 0 bridgehead atoms. The third-order valence-corrected chi connectivity index (χ3v) is 5.87. The molecule has 3 rings (SSSR count). The number of benzene rings is 1. The van der Waals surface area contributed by atoms with Gasteiger partial charge < -0.3 is 16.0 Å². The Morgan fingerprint density at radius 1 is 1.04 bits per heavy atom. The van der Waals surface area contributed by atoms with Crippen LogP contribution in [0.25, 0.3) is 0 Å². The van der Waals surface area contributed by atoms with E-state index in [9.17, 15) is 14.4 Å². The van der Waals surface area contributed by atoms with Crippen molar-refractivity contribution in [2.24, 2.45) is 17.6 Å². The number of hydrogen-bond donors (Lipinski definition) is 2. The van der Waals surface area contributed by atoms with Gasteiger partial charge in [0, 0.05) is 25.4 Å². The lowest BCUT2D eigenvalue weighted by molar-refractivity contribution is -0.123. The molecule has 1 aromatic rings. The lowest BCUT2D eigenvalue weighted by Gasteiger charge is -2.31. The van der Waals surface area contributed by atoms with Crippen molar-refractivity contribution in [1.29, 1.82) is 0 Å². The fourth-order valence-corrected chi connectivity index (χ4v) is 4.16. The predicted octanol–water partition coefficient (Wildman–Crippen LogP) is 2.93. The molecule has 3 amide bonds. The van der Waals surface area contributed by atoms with Crippen molar-refractivity contribution in [3.63, 3.8) is 0 Å². The van der Waals surface area contributed by atoms with Gasteiger partial charge in [0.1, 0.15) is 0 Å². The molecule has 0 atom stereocenters. The lowest BCUT2D eigenvalue weighted by Crippen LogP contribution is -2.42. The van der Waals surface area contributed by atoms with Crippen LogP contribution in [0.4, 0.5) is 5.69 Å². The first-order chi connectivity index (χ1) is 13.0. The molecule has 1 saturated carbocycles. The molecule has 1 aliphatic heterocycles. The molecule has 6 nitrogen and oxygen atoms in total. The normalized spacial score (nSPS) is 18.4. The first kappa shape index (κ1) is 19.4. The van der Waals surface area contributed by atoms with Crippen molar-refractivity contribution >= 4 is 23.4 Å². The highest BCUT2D eigenvalue weighted by molar-refractivity contribution is 6.03. The summed E-state index contributed by atoms with van der Waals surface area (Å²) in [7, 11) is 0. The van der Waals surface area contributed by atoms with Crippen molar-refractivity contribution in [2.45, 2.75) is 51.4 Å². The molecule has 146 valence electrons. The number of amides is 3. The second-order valence-electron chi connectivity index (χ2n) is 7.75. The zero-order valence-electron chi connectivity index (χ0n) is 15.8. The fourth-order valence-electron chi connectivity index (χ4n) is 4.16. The first-order valence-corrected chi connectivity index (χ1v) is 10.0. The SMILES string of the molecule is NC(=O)C1CCN(C(=O)c2ccccc2NC(=O)CCC2CCCC2)CC1. The van der Waals surface area contributed by atoms with Crippen LogP contribution in [0.2, 0.25) is 0 Å². The number of anilines is 1. The third-order valence-electron chi connectivity index (χ3n) is 5.87. The summed E-state index contributed by atoms with van der Waals surface area (Å²) in [6.45, 7) is 1.02. The number of nitrogens with two attached hydrogens (primary N) is 1.